The number of nitrogen functional groups attached to an aromatic ring is 1. The summed E-state index contributed by atoms with van der Waals surface area (Å²) in [5, 5.41) is 34.8. The molecule has 1 fully saturated rings. The molecule has 3 heterocycles. The maximum absolute atomic E-state index is 12.7. The number of fused-ring (bicyclic) bond motifs is 1. The largest absolute Gasteiger partial charge is 0.481 e. The number of nitrogens with two attached hydrogens (primary N) is 1. The highest BCUT2D eigenvalue weighted by molar-refractivity contribution is 8.13. The first-order valence-electron chi connectivity index (χ1n) is 17.7. The molecule has 0 radical (unpaired) electrons. The lowest BCUT2D eigenvalue weighted by atomic mass is 9.87. The van der Waals surface area contributed by atoms with Crippen LogP contribution in [0, 0.1) is 5.41 Å². The van der Waals surface area contributed by atoms with Crippen LogP contribution in [0.4, 0.5) is 5.82 Å². The minimum absolute atomic E-state index is 0.0213. The number of carbonyl (C=O) groups excluding carboxylic acids is 3. The summed E-state index contributed by atoms with van der Waals surface area (Å²) in [7, 11) is -16.4. The van der Waals surface area contributed by atoms with Crippen molar-refractivity contribution in [2.24, 2.45) is 5.41 Å². The smallest absolute Gasteiger partial charge is 0.478 e. The monoisotopic (exact) mass is 945 g/mol. The maximum Gasteiger partial charge on any atom is 0.481 e. The lowest BCUT2D eigenvalue weighted by Crippen LogP contribution is -2.46. The average Bonchev–Trinajstić information content (AvgIpc) is 3.72. The van der Waals surface area contributed by atoms with Gasteiger partial charge >= 0.3 is 29.4 Å². The van der Waals surface area contributed by atoms with E-state index in [2.05, 4.69) is 34.4 Å². The number of anilines is 1. The molecule has 0 bridgehead atoms. The first-order chi connectivity index (χ1) is 28.4. The van der Waals surface area contributed by atoms with Gasteiger partial charge in [-0.25, -0.2) is 33.4 Å². The fraction of sp³-hybridized carbons (Fsp3) is 0.516. The Kier molecular flexibility index (Phi) is 19.5. The second kappa shape index (κ2) is 23.1. The third-order valence-electron chi connectivity index (χ3n) is 7.99. The molecule has 30 heteroatoms. The highest BCUT2D eigenvalue weighted by atomic mass is 32.2. The van der Waals surface area contributed by atoms with Gasteiger partial charge in [0.25, 0.3) is 0 Å². The first kappa shape index (κ1) is 51.6. The zero-order chi connectivity index (χ0) is 45.6. The number of phosphoric ester groups is 3. The minimum Gasteiger partial charge on any atom is -0.478 e. The lowest BCUT2D eigenvalue weighted by molar-refractivity contribution is -0.137. The second-order valence-electron chi connectivity index (χ2n) is 13.3. The number of imidazole rings is 1. The van der Waals surface area contributed by atoms with E-state index in [4.69, 9.17) is 24.6 Å². The quantitative estimate of drug-likeness (QED) is 0.0275. The Labute approximate surface area is 351 Å². The molecule has 3 rings (SSSR count). The predicted molar refractivity (Wildman–Crippen MR) is 211 cm³/mol. The molecule has 11 N–H and O–H groups in total. The van der Waals surface area contributed by atoms with Gasteiger partial charge in [0.2, 0.25) is 11.8 Å². The number of hydrogen-bond acceptors (Lipinski definition) is 19. The van der Waals surface area contributed by atoms with E-state index >= 15 is 0 Å². The van der Waals surface area contributed by atoms with Crippen LogP contribution in [0.1, 0.15) is 39.3 Å². The van der Waals surface area contributed by atoms with Crippen molar-refractivity contribution in [2.75, 3.05) is 37.8 Å². The fourth-order valence-corrected chi connectivity index (χ4v) is 8.53. The van der Waals surface area contributed by atoms with E-state index < -0.39 is 90.5 Å². The molecule has 340 valence electrons. The minimum atomic E-state index is -5.59. The number of aliphatic carboxylic acids is 1. The second-order valence-corrected chi connectivity index (χ2v) is 18.7. The number of ether oxygens (including phenoxy) is 1. The zero-order valence-corrected chi connectivity index (χ0v) is 35.8. The number of thioether (sulfide) groups is 1. The van der Waals surface area contributed by atoms with Crippen LogP contribution < -0.4 is 16.4 Å². The molecule has 1 aliphatic heterocycles. The third-order valence-corrected chi connectivity index (χ3v) is 12.0. The van der Waals surface area contributed by atoms with Crippen LogP contribution in [-0.2, 0) is 55.5 Å². The van der Waals surface area contributed by atoms with Crippen LogP contribution >= 0.6 is 35.2 Å². The molecule has 2 aromatic rings. The molecular weight excluding hydrogens is 899 g/mol. The topological polar surface area (TPSA) is 401 Å². The summed E-state index contributed by atoms with van der Waals surface area (Å²) >= 11 is 1.02. The number of amides is 2. The van der Waals surface area contributed by atoms with Gasteiger partial charge in [-0.05, 0) is 6.42 Å². The van der Waals surface area contributed by atoms with Crippen LogP contribution in [0.2, 0.25) is 0 Å². The molecule has 2 aromatic heterocycles. The van der Waals surface area contributed by atoms with Crippen molar-refractivity contribution in [3.05, 3.63) is 49.1 Å². The van der Waals surface area contributed by atoms with E-state index in [9.17, 15) is 62.7 Å². The molecule has 0 spiro atoms. The molecule has 2 amide bonds. The van der Waals surface area contributed by atoms with Gasteiger partial charge in [-0.1, -0.05) is 56.0 Å². The van der Waals surface area contributed by atoms with Gasteiger partial charge in [0.1, 0.15) is 36.3 Å². The van der Waals surface area contributed by atoms with Gasteiger partial charge < -0.3 is 56.0 Å². The van der Waals surface area contributed by atoms with Crippen molar-refractivity contribution in [1.29, 1.82) is 0 Å². The van der Waals surface area contributed by atoms with Crippen molar-refractivity contribution in [1.82, 2.24) is 30.2 Å². The number of carboxylic acids is 1. The van der Waals surface area contributed by atoms with Gasteiger partial charge in [0.05, 0.1) is 19.5 Å². The molecular formula is C31H46N7O19P3S. The van der Waals surface area contributed by atoms with Crippen molar-refractivity contribution >= 4 is 75.1 Å². The van der Waals surface area contributed by atoms with Crippen molar-refractivity contribution in [2.45, 2.75) is 63.8 Å². The van der Waals surface area contributed by atoms with Crippen LogP contribution in [0.5, 0.6) is 0 Å². The molecule has 61 heavy (non-hydrogen) atoms. The van der Waals surface area contributed by atoms with Gasteiger partial charge in [-0.3, -0.25) is 32.5 Å². The van der Waals surface area contributed by atoms with Crippen LogP contribution in [0.25, 0.3) is 11.2 Å². The van der Waals surface area contributed by atoms with Gasteiger partial charge in [-0.2, -0.15) is 4.31 Å². The van der Waals surface area contributed by atoms with Crippen molar-refractivity contribution in [3.63, 3.8) is 0 Å². The molecule has 7 atom stereocenters. The van der Waals surface area contributed by atoms with Gasteiger partial charge in [0.15, 0.2) is 22.8 Å². The van der Waals surface area contributed by atoms with Crippen molar-refractivity contribution < 1.29 is 90.4 Å². The van der Waals surface area contributed by atoms with E-state index in [0.717, 1.165) is 35.1 Å². The molecule has 7 unspecified atom stereocenters. The number of aliphatic hydroxyl groups is 2. The summed E-state index contributed by atoms with van der Waals surface area (Å²) in [6.45, 7) is 0.342. The van der Waals surface area contributed by atoms with Crippen LogP contribution in [0.15, 0.2) is 49.1 Å². The Bertz CT molecular complexity index is 2100. The van der Waals surface area contributed by atoms with Crippen molar-refractivity contribution in [3.8, 4) is 0 Å². The summed E-state index contributed by atoms with van der Waals surface area (Å²) in [6.07, 6.45) is 2.55. The number of carbonyl (C=O) groups is 4. The van der Waals surface area contributed by atoms with Gasteiger partial charge in [0, 0.05) is 43.2 Å². The Morgan fingerprint density at radius 2 is 1.69 bits per heavy atom. The predicted octanol–water partition coefficient (Wildman–Crippen LogP) is 0.198. The number of aliphatic hydroxyl groups excluding tert-OH is 2. The van der Waals surface area contributed by atoms with E-state index in [1.165, 1.54) is 26.0 Å². The normalized spacial score (nSPS) is 21.2. The van der Waals surface area contributed by atoms with E-state index in [1.54, 1.807) is 18.2 Å². The van der Waals surface area contributed by atoms with Gasteiger partial charge in [-0.15, -0.1) is 0 Å². The standard InChI is InChI=1S/C31H46N7O19P3S/c1-31(2,26(44)29(45)34-12-11-20(39)33-13-14-61-22(42)10-8-6-4-3-5-7-9-21(40)41)16-54-60(51,52)57-59(49,50)53-15-19-25(56-58(46,47)48)24(43)30(55-19)38-18-37-23-27(32)35-17-36-28(23)38/h3-7,9,17-19,24-26,30,43-44H,8,10-16H2,1-2H3,(H,33,39)(H,34,45)(H,40,41)(H,49,50)(H,51,52)(H2,32,35,36)(H2,46,47,48)/b5-3+,6-4+,9-7+. The summed E-state index contributed by atoms with van der Waals surface area (Å²) in [4.78, 5) is 98.1. The SMILES string of the molecule is CC(C)(COP(=O)(O)OP(=O)(O)OCC1OC(n2cnc3c(N)ncnc32)C(O)C1OP(=O)(O)O)C(O)C(=O)NCCC(=O)NCCSC(=O)CC/C=C/C=C/C=C/C(=O)O. The Morgan fingerprint density at radius 3 is 2.38 bits per heavy atom. The summed E-state index contributed by atoms with van der Waals surface area (Å²) < 4.78 is 62.1. The molecule has 0 aliphatic carbocycles. The highest BCUT2D eigenvalue weighted by Gasteiger charge is 2.50. The zero-order valence-electron chi connectivity index (χ0n) is 32.3. The maximum atomic E-state index is 12.7. The molecule has 1 aliphatic rings. The summed E-state index contributed by atoms with van der Waals surface area (Å²) in [5.41, 5.74) is 4.22. The number of nitrogens with zero attached hydrogens (tertiary/aromatic N) is 4. The molecule has 1 saturated heterocycles. The third kappa shape index (κ3) is 17.5. The first-order valence-corrected chi connectivity index (χ1v) is 23.2. The average molecular weight is 946 g/mol. The number of phosphoric acid groups is 3. The Hall–Kier alpha value is -3.75. The van der Waals surface area contributed by atoms with E-state index in [0.29, 0.717) is 6.42 Å². The summed E-state index contributed by atoms with van der Waals surface area (Å²) in [5.74, 6) is -2.31. The summed E-state index contributed by atoms with van der Waals surface area (Å²) in [6, 6.07) is 0. The number of rotatable bonds is 25. The highest BCUT2D eigenvalue weighted by Crippen LogP contribution is 2.61. The Morgan fingerprint density at radius 1 is 1.00 bits per heavy atom. The fourth-order valence-electron chi connectivity index (χ4n) is 5.01. The number of aromatic nitrogens is 4. The van der Waals surface area contributed by atoms with Crippen LogP contribution in [0.3, 0.4) is 0 Å². The Balaban J connectivity index is 1.41. The number of nitrogens with one attached hydrogen (secondary N) is 2. The number of allylic oxidation sites excluding steroid dienone is 5. The van der Waals surface area contributed by atoms with E-state index in [1.807, 2.05) is 0 Å². The molecule has 0 saturated carbocycles. The van der Waals surface area contributed by atoms with Crippen LogP contribution in [-0.4, -0.2) is 134 Å². The molecule has 0 aromatic carbocycles. The number of hydrogen-bond donors (Lipinski definition) is 10. The number of carboxylic acid groups (broad SMARTS) is 1. The lowest BCUT2D eigenvalue weighted by Gasteiger charge is -2.30. The molecule has 26 nitrogen and oxygen atoms in total. The van der Waals surface area contributed by atoms with E-state index in [-0.39, 0.29) is 53.8 Å².